The van der Waals surface area contributed by atoms with Gasteiger partial charge in [-0.15, -0.1) is 0 Å². The Morgan fingerprint density at radius 3 is 2.64 bits per heavy atom. The van der Waals surface area contributed by atoms with Gasteiger partial charge < -0.3 is 10.1 Å². The number of piperazine rings is 1. The molecule has 0 radical (unpaired) electrons. The second-order valence-electron chi connectivity index (χ2n) is 6.20. The highest BCUT2D eigenvalue weighted by molar-refractivity contribution is 6.06. The fourth-order valence-electron chi connectivity index (χ4n) is 2.95. The lowest BCUT2D eigenvalue weighted by Gasteiger charge is -2.27. The number of methoxy groups -OCH3 is 1. The van der Waals surface area contributed by atoms with Crippen molar-refractivity contribution < 1.29 is 9.53 Å². The van der Waals surface area contributed by atoms with Gasteiger partial charge in [0.05, 0.1) is 7.11 Å². The number of ether oxygens (including phenoxy) is 1. The van der Waals surface area contributed by atoms with E-state index in [4.69, 9.17) is 4.74 Å². The van der Waals surface area contributed by atoms with Gasteiger partial charge in [0, 0.05) is 38.3 Å². The van der Waals surface area contributed by atoms with E-state index in [1.54, 1.807) is 37.5 Å². The van der Waals surface area contributed by atoms with Crippen molar-refractivity contribution in [2.75, 3.05) is 33.3 Å². The molecule has 0 bridgehead atoms. The van der Waals surface area contributed by atoms with Gasteiger partial charge in [0.2, 0.25) is 0 Å². The van der Waals surface area contributed by atoms with Crippen LogP contribution in [0.4, 0.5) is 0 Å². The molecule has 2 aromatic rings. The van der Waals surface area contributed by atoms with Crippen LogP contribution in [0.5, 0.6) is 5.75 Å². The fraction of sp³-hybridized carbons (Fsp3) is 0.286. The van der Waals surface area contributed by atoms with Gasteiger partial charge in [0.1, 0.15) is 5.75 Å². The van der Waals surface area contributed by atoms with Crippen molar-refractivity contribution in [3.05, 3.63) is 71.3 Å². The minimum absolute atomic E-state index is 0.00448. The summed E-state index contributed by atoms with van der Waals surface area (Å²) in [5, 5.41) is 3.37. The van der Waals surface area contributed by atoms with E-state index in [0.29, 0.717) is 5.56 Å². The van der Waals surface area contributed by atoms with Crippen LogP contribution in [0.1, 0.15) is 21.5 Å². The van der Waals surface area contributed by atoms with E-state index >= 15 is 0 Å². The zero-order valence-electron chi connectivity index (χ0n) is 14.6. The SMILES string of the molecule is COc1ccc(C(=O)C=Cc2cccc(CN3CCNCC3)c2)cc1. The van der Waals surface area contributed by atoms with Crippen LogP contribution in [0.15, 0.2) is 54.6 Å². The number of nitrogens with one attached hydrogen (secondary N) is 1. The van der Waals surface area contributed by atoms with Crippen LogP contribution in [0, 0.1) is 0 Å². The molecule has 0 unspecified atom stereocenters. The first-order valence-corrected chi connectivity index (χ1v) is 8.63. The summed E-state index contributed by atoms with van der Waals surface area (Å²) in [4.78, 5) is 14.7. The van der Waals surface area contributed by atoms with E-state index in [-0.39, 0.29) is 5.78 Å². The van der Waals surface area contributed by atoms with Crippen LogP contribution in [-0.2, 0) is 6.54 Å². The molecule has 0 amide bonds. The molecule has 1 saturated heterocycles. The molecule has 4 nitrogen and oxygen atoms in total. The zero-order chi connectivity index (χ0) is 17.5. The number of carbonyl (C=O) groups is 1. The van der Waals surface area contributed by atoms with Gasteiger partial charge >= 0.3 is 0 Å². The Hall–Kier alpha value is -2.43. The standard InChI is InChI=1S/C21H24N2O2/c1-25-20-8-6-19(7-9-20)21(24)10-5-17-3-2-4-18(15-17)16-23-13-11-22-12-14-23/h2-10,15,22H,11-14,16H2,1H3. The third kappa shape index (κ3) is 5.02. The summed E-state index contributed by atoms with van der Waals surface area (Å²) in [6.45, 7) is 5.22. The van der Waals surface area contributed by atoms with Crippen molar-refractivity contribution >= 4 is 11.9 Å². The van der Waals surface area contributed by atoms with Gasteiger partial charge in [0.15, 0.2) is 5.78 Å². The van der Waals surface area contributed by atoms with Crippen LogP contribution >= 0.6 is 0 Å². The number of nitrogens with zero attached hydrogens (tertiary/aromatic N) is 1. The van der Waals surface area contributed by atoms with Crippen molar-refractivity contribution in [1.82, 2.24) is 10.2 Å². The molecular formula is C21H24N2O2. The molecule has 25 heavy (non-hydrogen) atoms. The molecule has 4 heteroatoms. The van der Waals surface area contributed by atoms with E-state index in [2.05, 4.69) is 28.4 Å². The topological polar surface area (TPSA) is 41.6 Å². The van der Waals surface area contributed by atoms with E-state index in [0.717, 1.165) is 44.0 Å². The Morgan fingerprint density at radius 2 is 1.92 bits per heavy atom. The molecule has 0 aromatic heterocycles. The lowest BCUT2D eigenvalue weighted by atomic mass is 10.1. The van der Waals surface area contributed by atoms with Gasteiger partial charge in [-0.25, -0.2) is 0 Å². The Kier molecular flexibility index (Phi) is 5.99. The highest BCUT2D eigenvalue weighted by Gasteiger charge is 2.09. The summed E-state index contributed by atoms with van der Waals surface area (Å²) in [5.74, 6) is 0.747. The first-order valence-electron chi connectivity index (χ1n) is 8.63. The largest absolute Gasteiger partial charge is 0.497 e. The fourth-order valence-corrected chi connectivity index (χ4v) is 2.95. The molecule has 0 saturated carbocycles. The minimum atomic E-state index is -0.00448. The maximum Gasteiger partial charge on any atom is 0.185 e. The number of hydrogen-bond acceptors (Lipinski definition) is 4. The molecular weight excluding hydrogens is 312 g/mol. The van der Waals surface area contributed by atoms with Crippen molar-refractivity contribution in [2.24, 2.45) is 0 Å². The second kappa shape index (κ2) is 8.60. The lowest BCUT2D eigenvalue weighted by molar-refractivity contribution is 0.104. The summed E-state index contributed by atoms with van der Waals surface area (Å²) >= 11 is 0. The number of rotatable bonds is 6. The highest BCUT2D eigenvalue weighted by Crippen LogP contribution is 2.14. The summed E-state index contributed by atoms with van der Waals surface area (Å²) in [5.41, 5.74) is 2.99. The average molecular weight is 336 g/mol. The van der Waals surface area contributed by atoms with Crippen LogP contribution in [0.25, 0.3) is 6.08 Å². The molecule has 0 spiro atoms. The minimum Gasteiger partial charge on any atom is -0.497 e. The van der Waals surface area contributed by atoms with E-state index < -0.39 is 0 Å². The smallest absolute Gasteiger partial charge is 0.185 e. The van der Waals surface area contributed by atoms with Crippen molar-refractivity contribution in [1.29, 1.82) is 0 Å². The molecule has 130 valence electrons. The molecule has 1 aliphatic rings. The van der Waals surface area contributed by atoms with E-state index in [1.165, 1.54) is 5.56 Å². The first kappa shape index (κ1) is 17.4. The van der Waals surface area contributed by atoms with Gasteiger partial charge in [-0.2, -0.15) is 0 Å². The molecule has 3 rings (SSSR count). The van der Waals surface area contributed by atoms with Gasteiger partial charge in [-0.3, -0.25) is 9.69 Å². The van der Waals surface area contributed by atoms with Gasteiger partial charge in [-0.1, -0.05) is 30.3 Å². The number of allylic oxidation sites excluding steroid dienone is 1. The third-order valence-corrected chi connectivity index (χ3v) is 4.37. The van der Waals surface area contributed by atoms with Gasteiger partial charge in [0.25, 0.3) is 0 Å². The maximum atomic E-state index is 12.3. The Balaban J connectivity index is 1.63. The Bertz CT molecular complexity index is 732. The molecule has 1 aliphatic heterocycles. The van der Waals surface area contributed by atoms with E-state index in [1.807, 2.05) is 12.1 Å². The van der Waals surface area contributed by atoms with Crippen molar-refractivity contribution in [3.63, 3.8) is 0 Å². The average Bonchev–Trinajstić information content (AvgIpc) is 2.67. The summed E-state index contributed by atoms with van der Waals surface area (Å²) in [7, 11) is 1.62. The Morgan fingerprint density at radius 1 is 1.16 bits per heavy atom. The zero-order valence-corrected chi connectivity index (χ0v) is 14.6. The highest BCUT2D eigenvalue weighted by atomic mass is 16.5. The molecule has 2 aromatic carbocycles. The molecule has 1 fully saturated rings. The number of benzene rings is 2. The summed E-state index contributed by atoms with van der Waals surface area (Å²) < 4.78 is 5.12. The number of hydrogen-bond donors (Lipinski definition) is 1. The quantitative estimate of drug-likeness (QED) is 0.650. The van der Waals surface area contributed by atoms with E-state index in [9.17, 15) is 4.79 Å². The maximum absolute atomic E-state index is 12.3. The first-order chi connectivity index (χ1) is 12.2. The molecule has 0 atom stereocenters. The molecule has 1 N–H and O–H groups in total. The second-order valence-corrected chi connectivity index (χ2v) is 6.20. The van der Waals surface area contributed by atoms with Crippen LogP contribution in [0.2, 0.25) is 0 Å². The lowest BCUT2D eigenvalue weighted by Crippen LogP contribution is -2.42. The third-order valence-electron chi connectivity index (χ3n) is 4.37. The summed E-state index contributed by atoms with van der Waals surface area (Å²) in [6.07, 6.45) is 3.51. The molecule has 1 heterocycles. The molecule has 0 aliphatic carbocycles. The van der Waals surface area contributed by atoms with Crippen LogP contribution < -0.4 is 10.1 Å². The predicted molar refractivity (Wildman–Crippen MR) is 101 cm³/mol. The Labute approximate surface area is 149 Å². The van der Waals surface area contributed by atoms with Crippen LogP contribution in [-0.4, -0.2) is 44.0 Å². The normalized spacial score (nSPS) is 15.4. The predicted octanol–water partition coefficient (Wildman–Crippen LogP) is 3.00. The van der Waals surface area contributed by atoms with Gasteiger partial charge in [-0.05, 0) is 41.5 Å². The number of carbonyl (C=O) groups excluding carboxylic acids is 1. The van der Waals surface area contributed by atoms with Crippen molar-refractivity contribution in [3.8, 4) is 5.75 Å². The van der Waals surface area contributed by atoms with Crippen LogP contribution in [0.3, 0.4) is 0 Å². The van der Waals surface area contributed by atoms with Crippen molar-refractivity contribution in [2.45, 2.75) is 6.54 Å². The monoisotopic (exact) mass is 336 g/mol. The number of ketones is 1. The summed E-state index contributed by atoms with van der Waals surface area (Å²) in [6, 6.07) is 15.5.